The summed E-state index contributed by atoms with van der Waals surface area (Å²) in [6.07, 6.45) is 5.23. The molecule has 1 aliphatic rings. The van der Waals surface area contributed by atoms with Crippen molar-refractivity contribution in [2.45, 2.75) is 51.6 Å². The Balaban J connectivity index is 2.00. The van der Waals surface area contributed by atoms with E-state index in [0.29, 0.717) is 6.04 Å². The lowest BCUT2D eigenvalue weighted by Gasteiger charge is -2.25. The third kappa shape index (κ3) is 3.02. The van der Waals surface area contributed by atoms with Crippen molar-refractivity contribution in [3.05, 3.63) is 29.6 Å². The third-order valence-corrected chi connectivity index (χ3v) is 4.08. The highest BCUT2D eigenvalue weighted by Gasteiger charge is 2.23. The van der Waals surface area contributed by atoms with Gasteiger partial charge in [0, 0.05) is 23.7 Å². The zero-order valence-corrected chi connectivity index (χ0v) is 11.1. The highest BCUT2D eigenvalue weighted by atomic mass is 19.1. The standard InChI is InChI=1S/C15H22FNO/c1-10(12-5-3-4-6-12)17-11(2)14-8-7-13(16)9-15(14)18/h7-12,17-18H,3-6H2,1-2H3. The lowest BCUT2D eigenvalue weighted by molar-refractivity contribution is 0.347. The highest BCUT2D eigenvalue weighted by molar-refractivity contribution is 5.34. The van der Waals surface area contributed by atoms with Crippen molar-refractivity contribution < 1.29 is 9.50 Å². The Morgan fingerprint density at radius 1 is 1.28 bits per heavy atom. The number of hydrogen-bond donors (Lipinski definition) is 2. The molecule has 2 N–H and O–H groups in total. The Morgan fingerprint density at radius 3 is 2.56 bits per heavy atom. The molecule has 0 spiro atoms. The molecule has 2 nitrogen and oxygen atoms in total. The maximum atomic E-state index is 12.9. The Hall–Kier alpha value is -1.09. The van der Waals surface area contributed by atoms with Gasteiger partial charge in [-0.15, -0.1) is 0 Å². The SMILES string of the molecule is CC(NC(C)C1CCCC1)c1ccc(F)cc1O. The van der Waals surface area contributed by atoms with E-state index in [1.807, 2.05) is 6.92 Å². The molecule has 2 rings (SSSR count). The summed E-state index contributed by atoms with van der Waals surface area (Å²) in [5.74, 6) is 0.371. The molecule has 1 fully saturated rings. The lowest BCUT2D eigenvalue weighted by Crippen LogP contribution is -2.34. The zero-order chi connectivity index (χ0) is 13.1. The molecular weight excluding hydrogens is 229 g/mol. The van der Waals surface area contributed by atoms with Crippen LogP contribution in [-0.2, 0) is 0 Å². The van der Waals surface area contributed by atoms with Crippen molar-refractivity contribution in [3.8, 4) is 5.75 Å². The molecule has 0 heterocycles. The highest BCUT2D eigenvalue weighted by Crippen LogP contribution is 2.30. The van der Waals surface area contributed by atoms with Crippen molar-refractivity contribution in [2.75, 3.05) is 0 Å². The second-order valence-electron chi connectivity index (χ2n) is 5.42. The van der Waals surface area contributed by atoms with E-state index in [2.05, 4.69) is 12.2 Å². The fourth-order valence-electron chi connectivity index (χ4n) is 2.96. The molecule has 2 unspecified atom stereocenters. The van der Waals surface area contributed by atoms with Crippen molar-refractivity contribution in [1.82, 2.24) is 5.32 Å². The number of phenols is 1. The molecule has 0 aliphatic heterocycles. The van der Waals surface area contributed by atoms with Gasteiger partial charge < -0.3 is 10.4 Å². The number of phenolic OH excluding ortho intramolecular Hbond substituents is 1. The molecule has 3 heteroatoms. The minimum absolute atomic E-state index is 0.0358. The summed E-state index contributed by atoms with van der Waals surface area (Å²) in [6, 6.07) is 4.71. The van der Waals surface area contributed by atoms with Gasteiger partial charge in [0.1, 0.15) is 11.6 Å². The first kappa shape index (κ1) is 13.3. The first-order valence-corrected chi connectivity index (χ1v) is 6.82. The van der Waals surface area contributed by atoms with Gasteiger partial charge in [-0.05, 0) is 38.7 Å². The van der Waals surface area contributed by atoms with Gasteiger partial charge in [-0.25, -0.2) is 4.39 Å². The van der Waals surface area contributed by atoms with Crippen LogP contribution in [-0.4, -0.2) is 11.1 Å². The van der Waals surface area contributed by atoms with E-state index < -0.39 is 5.82 Å². The van der Waals surface area contributed by atoms with Crippen LogP contribution in [0.1, 0.15) is 51.1 Å². The Morgan fingerprint density at radius 2 is 1.94 bits per heavy atom. The van der Waals surface area contributed by atoms with Gasteiger partial charge in [-0.3, -0.25) is 0 Å². The van der Waals surface area contributed by atoms with Crippen LogP contribution in [0.2, 0.25) is 0 Å². The van der Waals surface area contributed by atoms with Gasteiger partial charge in [-0.2, -0.15) is 0 Å². The van der Waals surface area contributed by atoms with E-state index in [1.54, 1.807) is 6.07 Å². The molecule has 2 atom stereocenters. The van der Waals surface area contributed by atoms with Crippen molar-refractivity contribution in [1.29, 1.82) is 0 Å². The summed E-state index contributed by atoms with van der Waals surface area (Å²) < 4.78 is 12.9. The van der Waals surface area contributed by atoms with E-state index in [4.69, 9.17) is 0 Å². The quantitative estimate of drug-likeness (QED) is 0.854. The van der Waals surface area contributed by atoms with Gasteiger partial charge in [0.25, 0.3) is 0 Å². The summed E-state index contributed by atoms with van der Waals surface area (Å²) >= 11 is 0. The minimum atomic E-state index is -0.396. The molecule has 1 aromatic rings. The lowest BCUT2D eigenvalue weighted by atomic mass is 9.97. The van der Waals surface area contributed by atoms with Crippen molar-refractivity contribution >= 4 is 0 Å². The minimum Gasteiger partial charge on any atom is -0.508 e. The van der Waals surface area contributed by atoms with Crippen LogP contribution in [0.5, 0.6) is 5.75 Å². The first-order chi connectivity index (χ1) is 8.58. The molecule has 18 heavy (non-hydrogen) atoms. The smallest absolute Gasteiger partial charge is 0.126 e. The zero-order valence-electron chi connectivity index (χ0n) is 11.1. The van der Waals surface area contributed by atoms with Gasteiger partial charge in [0.15, 0.2) is 0 Å². The Kier molecular flexibility index (Phi) is 4.23. The second-order valence-corrected chi connectivity index (χ2v) is 5.42. The summed E-state index contributed by atoms with van der Waals surface area (Å²) in [5, 5.41) is 13.3. The number of aromatic hydroxyl groups is 1. The van der Waals surface area contributed by atoms with Crippen LogP contribution in [0.15, 0.2) is 18.2 Å². The maximum Gasteiger partial charge on any atom is 0.126 e. The number of hydrogen-bond acceptors (Lipinski definition) is 2. The van der Waals surface area contributed by atoms with Crippen LogP contribution < -0.4 is 5.32 Å². The van der Waals surface area contributed by atoms with Crippen molar-refractivity contribution in [3.63, 3.8) is 0 Å². The molecule has 0 amide bonds. The van der Waals surface area contributed by atoms with Gasteiger partial charge >= 0.3 is 0 Å². The Labute approximate surface area is 108 Å². The fourth-order valence-corrected chi connectivity index (χ4v) is 2.96. The summed E-state index contributed by atoms with van der Waals surface area (Å²) in [5.41, 5.74) is 0.765. The molecule has 0 bridgehead atoms. The van der Waals surface area contributed by atoms with Crippen LogP contribution in [0.25, 0.3) is 0 Å². The fraction of sp³-hybridized carbons (Fsp3) is 0.600. The molecule has 0 saturated heterocycles. The van der Waals surface area contributed by atoms with E-state index >= 15 is 0 Å². The number of benzene rings is 1. The average Bonchev–Trinajstić information content (AvgIpc) is 2.81. The topological polar surface area (TPSA) is 32.3 Å². The summed E-state index contributed by atoms with van der Waals surface area (Å²) in [6.45, 7) is 4.21. The third-order valence-electron chi connectivity index (χ3n) is 4.08. The van der Waals surface area contributed by atoms with E-state index in [0.717, 1.165) is 11.5 Å². The Bertz CT molecular complexity index is 401. The largest absolute Gasteiger partial charge is 0.508 e. The van der Waals surface area contributed by atoms with E-state index in [9.17, 15) is 9.50 Å². The van der Waals surface area contributed by atoms with Crippen LogP contribution in [0.4, 0.5) is 4.39 Å². The molecule has 0 aromatic heterocycles. The number of nitrogens with one attached hydrogen (secondary N) is 1. The number of halogens is 1. The van der Waals surface area contributed by atoms with E-state index in [-0.39, 0.29) is 11.8 Å². The summed E-state index contributed by atoms with van der Waals surface area (Å²) in [7, 11) is 0. The summed E-state index contributed by atoms with van der Waals surface area (Å²) in [4.78, 5) is 0. The van der Waals surface area contributed by atoms with E-state index in [1.165, 1.54) is 37.8 Å². The molecule has 1 aromatic carbocycles. The van der Waals surface area contributed by atoms with Crippen LogP contribution >= 0.6 is 0 Å². The molecule has 0 radical (unpaired) electrons. The molecule has 100 valence electrons. The van der Waals surface area contributed by atoms with Crippen molar-refractivity contribution in [2.24, 2.45) is 5.92 Å². The molecule has 1 aliphatic carbocycles. The van der Waals surface area contributed by atoms with Gasteiger partial charge in [0.2, 0.25) is 0 Å². The first-order valence-electron chi connectivity index (χ1n) is 6.82. The van der Waals surface area contributed by atoms with Gasteiger partial charge in [0.05, 0.1) is 0 Å². The molecule has 1 saturated carbocycles. The predicted octanol–water partition coefficient (Wildman–Crippen LogP) is 3.76. The predicted molar refractivity (Wildman–Crippen MR) is 71.0 cm³/mol. The second kappa shape index (κ2) is 5.70. The van der Waals surface area contributed by atoms with Crippen LogP contribution in [0, 0.1) is 11.7 Å². The monoisotopic (exact) mass is 251 g/mol. The van der Waals surface area contributed by atoms with Crippen LogP contribution in [0.3, 0.4) is 0 Å². The van der Waals surface area contributed by atoms with Gasteiger partial charge in [-0.1, -0.05) is 18.9 Å². The molecular formula is C15H22FNO. The maximum absolute atomic E-state index is 12.9. The average molecular weight is 251 g/mol. The normalized spacial score (nSPS) is 19.9. The number of rotatable bonds is 4.